The van der Waals surface area contributed by atoms with Crippen LogP contribution in [0.3, 0.4) is 0 Å². The fourth-order valence-electron chi connectivity index (χ4n) is 2.40. The summed E-state index contributed by atoms with van der Waals surface area (Å²) in [6.07, 6.45) is -4.40. The molecule has 2 heterocycles. The molecule has 9 nitrogen and oxygen atoms in total. The van der Waals surface area contributed by atoms with Crippen molar-refractivity contribution in [1.82, 2.24) is 24.7 Å². The summed E-state index contributed by atoms with van der Waals surface area (Å²) in [7, 11) is 0. The molecule has 33 heavy (non-hydrogen) atoms. The van der Waals surface area contributed by atoms with Gasteiger partial charge in [0.15, 0.2) is 11.6 Å². The Morgan fingerprint density at radius 1 is 1.03 bits per heavy atom. The monoisotopic (exact) mass is 473 g/mol. The van der Waals surface area contributed by atoms with Gasteiger partial charge in [0.25, 0.3) is 0 Å². The smallest absolute Gasteiger partial charge is 0.416 e. The van der Waals surface area contributed by atoms with Crippen molar-refractivity contribution >= 4 is 18.0 Å². The molecule has 0 fully saturated rings. The summed E-state index contributed by atoms with van der Waals surface area (Å²) < 4.78 is 83.9. The van der Waals surface area contributed by atoms with Crippen molar-refractivity contribution in [3.05, 3.63) is 59.8 Å². The number of carbonyl (C=O) groups is 1. The second kappa shape index (κ2) is 9.23. The van der Waals surface area contributed by atoms with Gasteiger partial charge in [0.1, 0.15) is 12.9 Å². The summed E-state index contributed by atoms with van der Waals surface area (Å²) >= 11 is 0. The number of alkyl halides is 6. The third-order valence-corrected chi connectivity index (χ3v) is 3.93. The fraction of sp³-hybridized carbons (Fsp3) is 0.167. The fourth-order valence-corrected chi connectivity index (χ4v) is 2.40. The summed E-state index contributed by atoms with van der Waals surface area (Å²) in [4.78, 5) is 23.3. The van der Waals surface area contributed by atoms with Crippen LogP contribution in [0.15, 0.2) is 43.0 Å². The number of hydrazine groups is 1. The van der Waals surface area contributed by atoms with Crippen molar-refractivity contribution < 1.29 is 35.9 Å². The average molecular weight is 473 g/mol. The minimum Gasteiger partial charge on any atom is -0.456 e. The molecule has 0 amide bonds. The molecular weight excluding hydrogens is 460 g/mol. The van der Waals surface area contributed by atoms with E-state index < -0.39 is 40.8 Å². The maximum Gasteiger partial charge on any atom is 0.416 e. The summed E-state index contributed by atoms with van der Waals surface area (Å²) in [5, 5.41) is 3.77. The zero-order chi connectivity index (χ0) is 24.2. The Balaban J connectivity index is 1.72. The van der Waals surface area contributed by atoms with Gasteiger partial charge >= 0.3 is 18.3 Å². The van der Waals surface area contributed by atoms with E-state index in [1.807, 2.05) is 0 Å². The first-order valence-corrected chi connectivity index (χ1v) is 8.79. The number of esters is 1. The minimum absolute atomic E-state index is 0.000856. The molecule has 0 aliphatic carbocycles. The first kappa shape index (κ1) is 23.6. The molecule has 3 N–H and O–H groups in total. The third-order valence-electron chi connectivity index (χ3n) is 3.93. The third kappa shape index (κ3) is 6.25. The van der Waals surface area contributed by atoms with Crippen LogP contribution in [-0.4, -0.2) is 30.7 Å². The van der Waals surface area contributed by atoms with E-state index in [-0.39, 0.29) is 12.7 Å². The van der Waals surface area contributed by atoms with Crippen LogP contribution < -0.4 is 11.3 Å². The zero-order valence-corrected chi connectivity index (χ0v) is 16.2. The molecule has 15 heteroatoms. The summed E-state index contributed by atoms with van der Waals surface area (Å²) in [5.74, 6) is 4.21. The second-order valence-corrected chi connectivity index (χ2v) is 6.30. The number of nitrogens with zero attached hydrogens (tertiary/aromatic N) is 5. The predicted molar refractivity (Wildman–Crippen MR) is 100 cm³/mol. The van der Waals surface area contributed by atoms with Crippen LogP contribution in [0.5, 0.6) is 0 Å². The number of halogens is 6. The van der Waals surface area contributed by atoms with E-state index in [2.05, 4.69) is 25.5 Å². The summed E-state index contributed by atoms with van der Waals surface area (Å²) in [5.41, 5.74) is -0.902. The quantitative estimate of drug-likeness (QED) is 0.184. The molecule has 3 rings (SSSR count). The summed E-state index contributed by atoms with van der Waals surface area (Å²) in [6.45, 7) is -0.214. The van der Waals surface area contributed by atoms with Crippen LogP contribution in [0.25, 0.3) is 17.6 Å². The molecule has 0 bridgehead atoms. The molecule has 1 aromatic carbocycles. The van der Waals surface area contributed by atoms with Crippen molar-refractivity contribution in [2.24, 2.45) is 5.84 Å². The predicted octanol–water partition coefficient (Wildman–Crippen LogP) is 3.27. The number of aromatic nitrogens is 5. The standard InChI is InChI=1S/C18H13F6N7O2/c19-17(20,21)11-3-10(4-12(5-11)18(22,23)24)16-28-9-31(30-16)2-1-15(32)33-8-13-6-27-14(29-25)7-26-13/h1-7,9H,8,25H2,(H,27,29)/b2-1+. The molecule has 174 valence electrons. The highest BCUT2D eigenvalue weighted by molar-refractivity contribution is 5.84. The minimum atomic E-state index is -5.01. The number of ether oxygens (including phenoxy) is 1. The van der Waals surface area contributed by atoms with Crippen molar-refractivity contribution in [2.45, 2.75) is 19.0 Å². The lowest BCUT2D eigenvalue weighted by atomic mass is 10.0. The number of hydrogen-bond acceptors (Lipinski definition) is 8. The molecule has 0 spiro atoms. The highest BCUT2D eigenvalue weighted by atomic mass is 19.4. The highest BCUT2D eigenvalue weighted by Gasteiger charge is 2.37. The summed E-state index contributed by atoms with van der Waals surface area (Å²) in [6, 6.07) is 1.000. The van der Waals surface area contributed by atoms with Gasteiger partial charge in [0.2, 0.25) is 0 Å². The molecule has 0 radical (unpaired) electrons. The first-order valence-electron chi connectivity index (χ1n) is 8.79. The number of hydrogen-bond donors (Lipinski definition) is 2. The van der Waals surface area contributed by atoms with E-state index in [9.17, 15) is 31.1 Å². The SMILES string of the molecule is NNc1cnc(COC(=O)/C=C/n2cnc(-c3cc(C(F)(F)F)cc(C(F)(F)F)c3)n2)cn1. The average Bonchev–Trinajstić information content (AvgIpc) is 3.24. The lowest BCUT2D eigenvalue weighted by Crippen LogP contribution is -2.11. The van der Waals surface area contributed by atoms with Crippen LogP contribution in [0.4, 0.5) is 32.2 Å². The lowest BCUT2D eigenvalue weighted by molar-refractivity contribution is -0.143. The Labute approximate surface area is 180 Å². The Kier molecular flexibility index (Phi) is 6.62. The van der Waals surface area contributed by atoms with Gasteiger partial charge in [-0.2, -0.15) is 26.3 Å². The first-order chi connectivity index (χ1) is 15.5. The topological polar surface area (TPSA) is 121 Å². The van der Waals surface area contributed by atoms with Crippen molar-refractivity contribution in [1.29, 1.82) is 0 Å². The number of carbonyl (C=O) groups excluding carboxylic acids is 1. The second-order valence-electron chi connectivity index (χ2n) is 6.30. The van der Waals surface area contributed by atoms with Crippen molar-refractivity contribution in [3.8, 4) is 11.4 Å². The van der Waals surface area contributed by atoms with E-state index in [1.54, 1.807) is 0 Å². The van der Waals surface area contributed by atoms with Crippen LogP contribution in [0.1, 0.15) is 16.8 Å². The Morgan fingerprint density at radius 3 is 2.24 bits per heavy atom. The number of benzene rings is 1. The van der Waals surface area contributed by atoms with Crippen LogP contribution >= 0.6 is 0 Å². The van der Waals surface area contributed by atoms with Gasteiger partial charge < -0.3 is 10.2 Å². The van der Waals surface area contributed by atoms with E-state index in [0.29, 0.717) is 23.6 Å². The van der Waals surface area contributed by atoms with Gasteiger partial charge in [-0.15, -0.1) is 5.10 Å². The zero-order valence-electron chi connectivity index (χ0n) is 16.2. The van der Waals surface area contributed by atoms with Gasteiger partial charge in [-0.1, -0.05) is 0 Å². The van der Waals surface area contributed by atoms with Gasteiger partial charge in [0, 0.05) is 17.8 Å². The number of nitrogen functional groups attached to an aromatic ring is 1. The molecule has 0 unspecified atom stereocenters. The number of anilines is 1. The molecule has 3 aromatic rings. The Bertz CT molecular complexity index is 1120. The van der Waals surface area contributed by atoms with Gasteiger partial charge in [-0.3, -0.25) is 4.98 Å². The molecule has 0 atom stereocenters. The molecule has 0 aliphatic rings. The van der Waals surface area contributed by atoms with Gasteiger partial charge in [0.05, 0.1) is 29.2 Å². The maximum atomic E-state index is 13.0. The highest BCUT2D eigenvalue weighted by Crippen LogP contribution is 2.38. The molecular formula is C18H13F6N7O2. The van der Waals surface area contributed by atoms with Gasteiger partial charge in [-0.05, 0) is 18.2 Å². The Hall–Kier alpha value is -4.01. The molecule has 2 aromatic heterocycles. The van der Waals surface area contributed by atoms with E-state index in [0.717, 1.165) is 23.3 Å². The molecule has 0 saturated heterocycles. The van der Waals surface area contributed by atoms with Crippen molar-refractivity contribution in [2.75, 3.05) is 5.43 Å². The van der Waals surface area contributed by atoms with E-state index in [4.69, 9.17) is 10.6 Å². The van der Waals surface area contributed by atoms with E-state index in [1.165, 1.54) is 12.4 Å². The van der Waals surface area contributed by atoms with Crippen LogP contribution in [0.2, 0.25) is 0 Å². The number of nitrogens with one attached hydrogen (secondary N) is 1. The van der Waals surface area contributed by atoms with Crippen molar-refractivity contribution in [3.63, 3.8) is 0 Å². The Morgan fingerprint density at radius 2 is 1.70 bits per heavy atom. The lowest BCUT2D eigenvalue weighted by Gasteiger charge is -2.13. The molecule has 0 aliphatic heterocycles. The van der Waals surface area contributed by atoms with Gasteiger partial charge in [-0.25, -0.2) is 25.3 Å². The van der Waals surface area contributed by atoms with Crippen LogP contribution in [-0.2, 0) is 28.5 Å². The van der Waals surface area contributed by atoms with Crippen LogP contribution in [0, 0.1) is 0 Å². The number of nitrogens with two attached hydrogens (primary N) is 1. The maximum absolute atomic E-state index is 13.0. The van der Waals surface area contributed by atoms with E-state index >= 15 is 0 Å². The molecule has 0 saturated carbocycles. The normalized spacial score (nSPS) is 12.2. The number of rotatable bonds is 6. The largest absolute Gasteiger partial charge is 0.456 e.